The minimum Gasteiger partial charge on any atom is -0.312 e. The van der Waals surface area contributed by atoms with Gasteiger partial charge in [0.05, 0.1) is 0 Å². The minimum absolute atomic E-state index is 0.102. The van der Waals surface area contributed by atoms with Gasteiger partial charge >= 0.3 is 0 Å². The van der Waals surface area contributed by atoms with Crippen molar-refractivity contribution >= 4 is 23.2 Å². The van der Waals surface area contributed by atoms with E-state index < -0.39 is 0 Å². The zero-order chi connectivity index (χ0) is 18.9. The summed E-state index contributed by atoms with van der Waals surface area (Å²) in [6.07, 6.45) is 1.46. The smallest absolute Gasteiger partial charge is 0.227 e. The highest BCUT2D eigenvalue weighted by Gasteiger charge is 2.36. The SMILES string of the molecule is CC1(c2ccccc2)CCN(c2cccc(-c3ccccc3Cl)c2)C(=O)C1. The average Bonchev–Trinajstić information content (AvgIpc) is 2.69. The van der Waals surface area contributed by atoms with Crippen LogP contribution in [0.1, 0.15) is 25.3 Å². The first-order valence-electron chi connectivity index (χ1n) is 9.28. The summed E-state index contributed by atoms with van der Waals surface area (Å²) in [4.78, 5) is 14.9. The van der Waals surface area contributed by atoms with Crippen LogP contribution in [0, 0.1) is 0 Å². The fourth-order valence-electron chi connectivity index (χ4n) is 3.90. The van der Waals surface area contributed by atoms with E-state index in [1.807, 2.05) is 65.6 Å². The van der Waals surface area contributed by atoms with E-state index >= 15 is 0 Å². The normalized spacial score (nSPS) is 19.9. The molecule has 3 heteroatoms. The Morgan fingerprint density at radius 1 is 0.926 bits per heavy atom. The standard InChI is InChI=1S/C24H22ClNO/c1-24(19-9-3-2-4-10-19)14-15-26(23(27)17-24)20-11-7-8-18(16-20)21-12-5-6-13-22(21)25/h2-13,16H,14-15,17H2,1H3. The summed E-state index contributed by atoms with van der Waals surface area (Å²) in [6, 6.07) is 26.3. The Balaban J connectivity index is 1.60. The molecule has 1 aliphatic rings. The van der Waals surface area contributed by atoms with Crippen molar-refractivity contribution in [2.75, 3.05) is 11.4 Å². The molecule has 1 heterocycles. The number of nitrogens with zero attached hydrogens (tertiary/aromatic N) is 1. The number of anilines is 1. The number of carbonyl (C=O) groups is 1. The van der Waals surface area contributed by atoms with Gasteiger partial charge in [0.1, 0.15) is 0 Å². The van der Waals surface area contributed by atoms with Gasteiger partial charge in [-0.3, -0.25) is 4.79 Å². The minimum atomic E-state index is -0.102. The molecule has 3 aromatic carbocycles. The first kappa shape index (κ1) is 17.8. The number of amides is 1. The van der Waals surface area contributed by atoms with Gasteiger partial charge in [-0.1, -0.05) is 79.2 Å². The molecule has 0 aromatic heterocycles. The molecule has 1 aliphatic heterocycles. The highest BCUT2D eigenvalue weighted by molar-refractivity contribution is 6.33. The highest BCUT2D eigenvalue weighted by Crippen LogP contribution is 2.38. The average molecular weight is 376 g/mol. The van der Waals surface area contributed by atoms with Gasteiger partial charge in [-0.2, -0.15) is 0 Å². The third kappa shape index (κ3) is 3.50. The van der Waals surface area contributed by atoms with Crippen molar-refractivity contribution in [3.8, 4) is 11.1 Å². The summed E-state index contributed by atoms with van der Waals surface area (Å²) in [5.74, 6) is 0.170. The topological polar surface area (TPSA) is 20.3 Å². The van der Waals surface area contributed by atoms with Gasteiger partial charge in [0, 0.05) is 34.7 Å². The van der Waals surface area contributed by atoms with Gasteiger partial charge in [-0.25, -0.2) is 0 Å². The summed E-state index contributed by atoms with van der Waals surface area (Å²) >= 11 is 6.35. The molecule has 2 nitrogen and oxygen atoms in total. The lowest BCUT2D eigenvalue weighted by Crippen LogP contribution is -2.45. The fraction of sp³-hybridized carbons (Fsp3) is 0.208. The van der Waals surface area contributed by atoms with Crippen LogP contribution in [0.2, 0.25) is 5.02 Å². The second-order valence-corrected chi connectivity index (χ2v) is 7.84. The molecule has 0 spiro atoms. The monoisotopic (exact) mass is 375 g/mol. The van der Waals surface area contributed by atoms with Crippen molar-refractivity contribution in [2.24, 2.45) is 0 Å². The molecule has 27 heavy (non-hydrogen) atoms. The maximum absolute atomic E-state index is 13.0. The lowest BCUT2D eigenvalue weighted by Gasteiger charge is -2.39. The third-order valence-corrected chi connectivity index (χ3v) is 5.87. The fourth-order valence-corrected chi connectivity index (χ4v) is 4.14. The van der Waals surface area contributed by atoms with Crippen molar-refractivity contribution in [1.29, 1.82) is 0 Å². The molecular formula is C24H22ClNO. The van der Waals surface area contributed by atoms with Crippen molar-refractivity contribution in [2.45, 2.75) is 25.2 Å². The highest BCUT2D eigenvalue weighted by atomic mass is 35.5. The molecule has 0 radical (unpaired) electrons. The van der Waals surface area contributed by atoms with Crippen LogP contribution in [0.5, 0.6) is 0 Å². The van der Waals surface area contributed by atoms with E-state index in [9.17, 15) is 4.79 Å². The lowest BCUT2D eigenvalue weighted by molar-refractivity contribution is -0.121. The van der Waals surface area contributed by atoms with Crippen LogP contribution in [0.15, 0.2) is 78.9 Å². The summed E-state index contributed by atoms with van der Waals surface area (Å²) in [5.41, 5.74) is 4.09. The zero-order valence-electron chi connectivity index (χ0n) is 15.4. The Hall–Kier alpha value is -2.58. The molecule has 1 saturated heterocycles. The molecule has 0 bridgehead atoms. The number of halogens is 1. The Morgan fingerprint density at radius 2 is 1.67 bits per heavy atom. The van der Waals surface area contributed by atoms with Gasteiger partial charge in [0.25, 0.3) is 0 Å². The van der Waals surface area contributed by atoms with Crippen LogP contribution < -0.4 is 4.90 Å². The summed E-state index contributed by atoms with van der Waals surface area (Å²) in [6.45, 7) is 2.91. The Kier molecular flexibility index (Phi) is 4.75. The Labute approximate surface area is 165 Å². The van der Waals surface area contributed by atoms with Gasteiger partial charge in [0.2, 0.25) is 5.91 Å². The van der Waals surface area contributed by atoms with Crippen LogP contribution in [-0.2, 0) is 10.2 Å². The van der Waals surface area contributed by atoms with Gasteiger partial charge in [0.15, 0.2) is 0 Å². The van der Waals surface area contributed by atoms with E-state index in [1.54, 1.807) is 0 Å². The Bertz CT molecular complexity index is 969. The number of rotatable bonds is 3. The molecule has 0 saturated carbocycles. The van der Waals surface area contributed by atoms with Gasteiger partial charge < -0.3 is 4.90 Å². The summed E-state index contributed by atoms with van der Waals surface area (Å²) in [5, 5.41) is 0.719. The van der Waals surface area contributed by atoms with Crippen LogP contribution >= 0.6 is 11.6 Å². The van der Waals surface area contributed by atoms with Gasteiger partial charge in [-0.05, 0) is 35.7 Å². The number of hydrogen-bond acceptors (Lipinski definition) is 1. The first-order valence-corrected chi connectivity index (χ1v) is 9.65. The van der Waals surface area contributed by atoms with Crippen LogP contribution in [0.3, 0.4) is 0 Å². The van der Waals surface area contributed by atoms with Crippen LogP contribution in [-0.4, -0.2) is 12.5 Å². The molecule has 136 valence electrons. The molecule has 3 aromatic rings. The zero-order valence-corrected chi connectivity index (χ0v) is 16.1. The van der Waals surface area contributed by atoms with Crippen molar-refractivity contribution in [3.05, 3.63) is 89.4 Å². The van der Waals surface area contributed by atoms with Crippen molar-refractivity contribution < 1.29 is 4.79 Å². The van der Waals surface area contributed by atoms with Crippen molar-refractivity contribution in [3.63, 3.8) is 0 Å². The second-order valence-electron chi connectivity index (χ2n) is 7.43. The predicted octanol–water partition coefficient (Wildman–Crippen LogP) is 6.09. The van der Waals surface area contributed by atoms with Crippen LogP contribution in [0.25, 0.3) is 11.1 Å². The quantitative estimate of drug-likeness (QED) is 0.542. The summed E-state index contributed by atoms with van der Waals surface area (Å²) < 4.78 is 0. The van der Waals surface area contributed by atoms with E-state index in [-0.39, 0.29) is 11.3 Å². The second kappa shape index (κ2) is 7.21. The lowest BCUT2D eigenvalue weighted by atomic mass is 9.74. The van der Waals surface area contributed by atoms with Crippen LogP contribution in [0.4, 0.5) is 5.69 Å². The third-order valence-electron chi connectivity index (χ3n) is 5.54. The number of piperidine rings is 1. The van der Waals surface area contributed by atoms with E-state index in [1.165, 1.54) is 5.56 Å². The Morgan fingerprint density at radius 3 is 2.41 bits per heavy atom. The maximum Gasteiger partial charge on any atom is 0.227 e. The summed E-state index contributed by atoms with van der Waals surface area (Å²) in [7, 11) is 0. The largest absolute Gasteiger partial charge is 0.312 e. The molecule has 0 aliphatic carbocycles. The van der Waals surface area contributed by atoms with E-state index in [2.05, 4.69) is 25.1 Å². The molecule has 1 unspecified atom stereocenters. The molecule has 1 atom stereocenters. The van der Waals surface area contributed by atoms with Gasteiger partial charge in [-0.15, -0.1) is 0 Å². The molecule has 1 amide bonds. The predicted molar refractivity (Wildman–Crippen MR) is 112 cm³/mol. The molecule has 4 rings (SSSR count). The van der Waals surface area contributed by atoms with Crippen molar-refractivity contribution in [1.82, 2.24) is 0 Å². The molecular weight excluding hydrogens is 354 g/mol. The number of benzene rings is 3. The maximum atomic E-state index is 13.0. The van der Waals surface area contributed by atoms with E-state index in [0.29, 0.717) is 6.42 Å². The molecule has 0 N–H and O–H groups in total. The number of carbonyl (C=O) groups excluding carboxylic acids is 1. The number of hydrogen-bond donors (Lipinski definition) is 0. The van der Waals surface area contributed by atoms with E-state index in [4.69, 9.17) is 11.6 Å². The first-order chi connectivity index (χ1) is 13.1. The molecule has 1 fully saturated rings. The van der Waals surface area contributed by atoms with E-state index in [0.717, 1.165) is 34.8 Å².